The molecule has 10 nitrogen and oxygen atoms in total. The van der Waals surface area contributed by atoms with E-state index in [1.807, 2.05) is 86.6 Å². The number of amides is 3. The first kappa shape index (κ1) is 38.4. The molecular formula is C42H48BrN3O7. The van der Waals surface area contributed by atoms with Gasteiger partial charge in [-0.15, -0.1) is 13.2 Å². The molecule has 3 aliphatic rings. The van der Waals surface area contributed by atoms with Crippen molar-refractivity contribution in [2.24, 2.45) is 11.8 Å². The predicted octanol–water partition coefficient (Wildman–Crippen LogP) is 5.98. The van der Waals surface area contributed by atoms with Crippen LogP contribution in [0.5, 0.6) is 0 Å². The summed E-state index contributed by atoms with van der Waals surface area (Å²) in [7, 11) is 1.68. The number of esters is 1. The summed E-state index contributed by atoms with van der Waals surface area (Å²) in [6.07, 6.45) is 3.16. The molecular weight excluding hydrogens is 738 g/mol. The van der Waals surface area contributed by atoms with Gasteiger partial charge in [0, 0.05) is 30.5 Å². The van der Waals surface area contributed by atoms with E-state index in [4.69, 9.17) is 9.47 Å². The fourth-order valence-electron chi connectivity index (χ4n) is 8.49. The Morgan fingerprint density at radius 3 is 2.43 bits per heavy atom. The van der Waals surface area contributed by atoms with Crippen molar-refractivity contribution in [1.82, 2.24) is 9.80 Å². The summed E-state index contributed by atoms with van der Waals surface area (Å²) in [6.45, 7) is 11.1. The lowest BCUT2D eigenvalue weighted by atomic mass is 9.70. The normalized spacial score (nSPS) is 26.1. The highest BCUT2D eigenvalue weighted by molar-refractivity contribution is 9.09. The van der Waals surface area contributed by atoms with Gasteiger partial charge in [-0.25, -0.2) is 0 Å². The van der Waals surface area contributed by atoms with Gasteiger partial charge in [-0.3, -0.25) is 19.2 Å². The van der Waals surface area contributed by atoms with Crippen molar-refractivity contribution >= 4 is 56.1 Å². The Morgan fingerprint density at radius 2 is 1.77 bits per heavy atom. The molecule has 3 amide bonds. The minimum atomic E-state index is -1.37. The molecule has 3 aromatic rings. The van der Waals surface area contributed by atoms with Crippen molar-refractivity contribution in [1.29, 1.82) is 0 Å². The second-order valence-corrected chi connectivity index (χ2v) is 15.4. The lowest BCUT2D eigenvalue weighted by molar-refractivity contribution is -0.165. The number of allylic oxidation sites excluding steroid dienone is 1. The van der Waals surface area contributed by atoms with Crippen molar-refractivity contribution < 1.29 is 33.8 Å². The number of carbonyl (C=O) groups is 4. The Morgan fingerprint density at radius 1 is 1.08 bits per heavy atom. The van der Waals surface area contributed by atoms with Gasteiger partial charge in [0.1, 0.15) is 17.7 Å². The molecule has 2 bridgehead atoms. The lowest BCUT2D eigenvalue weighted by Crippen LogP contribution is -2.59. The summed E-state index contributed by atoms with van der Waals surface area (Å²) < 4.78 is 13.1. The first-order chi connectivity index (χ1) is 25.5. The van der Waals surface area contributed by atoms with E-state index in [2.05, 4.69) is 29.1 Å². The van der Waals surface area contributed by atoms with Gasteiger partial charge in [0.05, 0.1) is 36.6 Å². The molecule has 3 aromatic carbocycles. The number of hydrogen-bond donors (Lipinski definition) is 1. The number of aliphatic hydroxyl groups excluding tert-OH is 1. The molecule has 0 saturated carbocycles. The topological polar surface area (TPSA) is 117 Å². The molecule has 280 valence electrons. The van der Waals surface area contributed by atoms with Crippen molar-refractivity contribution in [2.75, 3.05) is 25.1 Å². The van der Waals surface area contributed by atoms with Crippen LogP contribution in [-0.2, 0) is 28.7 Å². The molecule has 1 unspecified atom stereocenters. The van der Waals surface area contributed by atoms with Gasteiger partial charge in [0.15, 0.2) is 0 Å². The lowest BCUT2D eigenvalue weighted by Gasteiger charge is -2.39. The third-order valence-electron chi connectivity index (χ3n) is 11.3. The second-order valence-electron chi connectivity index (χ2n) is 14.3. The number of benzene rings is 3. The summed E-state index contributed by atoms with van der Waals surface area (Å²) in [5.41, 5.74) is -0.0516. The SMILES string of the molecule is C=CCCC(=O)N(C)[C@H](C)[C@H](OC(=O)[C@@H]1[C@H]2O[C@@]3(CC2Br)[C@H](C(=O)N(CC=C)c2ccc4ccccc4c2)N([C@@H](CC)CO)C(=O)[C@@H]13)c1ccccc1. The van der Waals surface area contributed by atoms with E-state index in [1.54, 1.807) is 29.0 Å². The number of alkyl halides is 1. The minimum absolute atomic E-state index is 0.120. The molecule has 6 rings (SSSR count). The van der Waals surface area contributed by atoms with E-state index in [1.165, 1.54) is 4.90 Å². The van der Waals surface area contributed by atoms with Crippen LogP contribution in [0.4, 0.5) is 5.69 Å². The van der Waals surface area contributed by atoms with Crippen molar-refractivity contribution in [2.45, 2.75) is 80.3 Å². The van der Waals surface area contributed by atoms with Gasteiger partial charge in [0.2, 0.25) is 11.8 Å². The molecule has 3 fully saturated rings. The highest BCUT2D eigenvalue weighted by Gasteiger charge is 2.77. The molecule has 9 atom stereocenters. The van der Waals surface area contributed by atoms with Crippen LogP contribution in [0.25, 0.3) is 10.8 Å². The highest BCUT2D eigenvalue weighted by atomic mass is 79.9. The van der Waals surface area contributed by atoms with Crippen molar-refractivity contribution in [3.8, 4) is 0 Å². The number of halogens is 1. The van der Waals surface area contributed by atoms with Crippen LogP contribution in [-0.4, -0.2) is 93.5 Å². The second kappa shape index (κ2) is 16.0. The van der Waals surface area contributed by atoms with Gasteiger partial charge in [-0.05, 0) is 54.7 Å². The highest BCUT2D eigenvalue weighted by Crippen LogP contribution is 2.61. The van der Waals surface area contributed by atoms with Gasteiger partial charge in [-0.1, -0.05) is 95.7 Å². The van der Waals surface area contributed by atoms with E-state index in [-0.39, 0.29) is 36.2 Å². The molecule has 53 heavy (non-hydrogen) atoms. The number of fused-ring (bicyclic) bond motifs is 2. The number of aliphatic hydroxyl groups is 1. The van der Waals surface area contributed by atoms with Crippen molar-refractivity contribution in [3.63, 3.8) is 0 Å². The predicted molar refractivity (Wildman–Crippen MR) is 207 cm³/mol. The maximum atomic E-state index is 15.1. The summed E-state index contributed by atoms with van der Waals surface area (Å²) >= 11 is 3.76. The first-order valence-electron chi connectivity index (χ1n) is 18.3. The van der Waals surface area contributed by atoms with Crippen LogP contribution in [0.2, 0.25) is 0 Å². The molecule has 11 heteroatoms. The average Bonchev–Trinajstić information content (AvgIpc) is 3.78. The van der Waals surface area contributed by atoms with E-state index in [0.717, 1.165) is 10.8 Å². The van der Waals surface area contributed by atoms with Gasteiger partial charge >= 0.3 is 5.97 Å². The zero-order valence-electron chi connectivity index (χ0n) is 30.5. The number of likely N-dealkylation sites (N-methyl/N-ethyl adjacent to an activating group) is 1. The summed E-state index contributed by atoms with van der Waals surface area (Å²) in [5.74, 6) is -3.66. The Bertz CT molecular complexity index is 1870. The summed E-state index contributed by atoms with van der Waals surface area (Å²) in [6, 6.07) is 20.4. The Kier molecular flexibility index (Phi) is 11.6. The molecule has 1 N–H and O–H groups in total. The number of likely N-dealkylation sites (tertiary alicyclic amines) is 1. The summed E-state index contributed by atoms with van der Waals surface area (Å²) in [4.78, 5) is 61.9. The van der Waals surface area contributed by atoms with E-state index in [0.29, 0.717) is 30.5 Å². The zero-order chi connectivity index (χ0) is 38.0. The third-order valence-corrected chi connectivity index (χ3v) is 12.2. The van der Waals surface area contributed by atoms with Crippen LogP contribution in [0.3, 0.4) is 0 Å². The molecule has 0 aromatic heterocycles. The van der Waals surface area contributed by atoms with E-state index >= 15 is 4.79 Å². The quantitative estimate of drug-likeness (QED) is 0.115. The number of rotatable bonds is 15. The van der Waals surface area contributed by atoms with Gasteiger partial charge in [0.25, 0.3) is 5.91 Å². The fraction of sp³-hybridized carbons (Fsp3) is 0.429. The number of carbonyl (C=O) groups excluding carboxylic acids is 4. The van der Waals surface area contributed by atoms with Crippen LogP contribution < -0.4 is 4.90 Å². The summed E-state index contributed by atoms with van der Waals surface area (Å²) in [5, 5.41) is 12.5. The van der Waals surface area contributed by atoms with Crippen LogP contribution in [0.1, 0.15) is 51.2 Å². The molecule has 1 spiro atoms. The molecule has 3 aliphatic heterocycles. The Hall–Kier alpha value is -4.32. The smallest absolute Gasteiger partial charge is 0.313 e. The van der Waals surface area contributed by atoms with E-state index < -0.39 is 59.6 Å². The minimum Gasteiger partial charge on any atom is -0.455 e. The molecule has 3 saturated heterocycles. The van der Waals surface area contributed by atoms with E-state index in [9.17, 15) is 19.5 Å². The maximum Gasteiger partial charge on any atom is 0.313 e. The maximum absolute atomic E-state index is 15.1. The standard InChI is InChI=1S/C42H48BrN3O7/c1-6-9-19-33(48)44(5)26(4)36(28-16-11-10-12-17-28)52-41(51)34-35-39(49)46(30(8-3)25-47)38(42(35)24-32(43)37(34)53-42)40(50)45(22-7-2)31-21-20-27-15-13-14-18-29(27)23-31/h6-7,10-18,20-21,23,26,30,32,34-38,47H,1-2,8-9,19,22,24-25H2,3-5H3/t26-,30+,32?,34+,35-,36+,37+,38+,42-/m1/s1. The van der Waals surface area contributed by atoms with Gasteiger partial charge in [-0.2, -0.15) is 0 Å². The average molecular weight is 787 g/mol. The zero-order valence-corrected chi connectivity index (χ0v) is 32.1. The van der Waals surface area contributed by atoms with Crippen LogP contribution >= 0.6 is 15.9 Å². The van der Waals surface area contributed by atoms with Crippen LogP contribution in [0, 0.1) is 11.8 Å². The number of anilines is 1. The number of hydrogen-bond acceptors (Lipinski definition) is 7. The van der Waals surface area contributed by atoms with Crippen molar-refractivity contribution in [3.05, 3.63) is 104 Å². The monoisotopic (exact) mass is 785 g/mol. The van der Waals surface area contributed by atoms with Crippen LogP contribution in [0.15, 0.2) is 98.1 Å². The molecule has 0 radical (unpaired) electrons. The van der Waals surface area contributed by atoms with Gasteiger partial charge < -0.3 is 29.3 Å². The fourth-order valence-corrected chi connectivity index (χ4v) is 9.43. The number of nitrogens with zero attached hydrogens (tertiary/aromatic N) is 3. The molecule has 0 aliphatic carbocycles. The Labute approximate surface area is 319 Å². The Balaban J connectivity index is 1.38. The largest absolute Gasteiger partial charge is 0.455 e. The number of ether oxygens (including phenoxy) is 2. The third kappa shape index (κ3) is 6.83. The molecule has 3 heterocycles. The first-order valence-corrected chi connectivity index (χ1v) is 19.2.